The number of hydrogen-bond acceptors (Lipinski definition) is 5. The largest absolute Gasteiger partial charge is 0.260 e. The normalized spacial score (nSPS) is 23.3. The van der Waals surface area contributed by atoms with Gasteiger partial charge in [-0.3, -0.25) is 4.98 Å². The van der Waals surface area contributed by atoms with Crippen LogP contribution >= 0.6 is 0 Å². The maximum Gasteiger partial charge on any atom is 0.219 e. The molecular weight excluding hydrogens is 482 g/mol. The van der Waals surface area contributed by atoms with Gasteiger partial charge in [0.25, 0.3) is 0 Å². The number of azo groups is 1. The van der Waals surface area contributed by atoms with Gasteiger partial charge in [-0.2, -0.15) is 10.2 Å². The fourth-order valence-electron chi connectivity index (χ4n) is 5.38. The van der Waals surface area contributed by atoms with Crippen LogP contribution in [0.5, 0.6) is 0 Å². The minimum Gasteiger partial charge on any atom is -0.260 e. The van der Waals surface area contributed by atoms with Crippen molar-refractivity contribution in [2.24, 2.45) is 33.4 Å². The number of sulfonamides is 1. The molecule has 0 amide bonds. The molecule has 0 saturated heterocycles. The molecule has 1 aliphatic rings. The molecule has 36 heavy (non-hydrogen) atoms. The highest BCUT2D eigenvalue weighted by atomic mass is 32.2. The Morgan fingerprint density at radius 3 is 2.47 bits per heavy atom. The molecule has 3 rings (SSSR count). The van der Waals surface area contributed by atoms with Crippen molar-refractivity contribution >= 4 is 15.7 Å². The molecule has 0 spiro atoms. The third kappa shape index (κ3) is 6.24. The lowest BCUT2D eigenvalue weighted by atomic mass is 9.73. The minimum atomic E-state index is -3.63. The molecular formula is C27H36F2N4O2S. The Hall–Kier alpha value is -2.52. The maximum atomic E-state index is 14.7. The van der Waals surface area contributed by atoms with E-state index in [9.17, 15) is 17.2 Å². The van der Waals surface area contributed by atoms with Crippen LogP contribution in [0.3, 0.4) is 0 Å². The van der Waals surface area contributed by atoms with Crippen molar-refractivity contribution in [2.45, 2.75) is 46.3 Å². The smallest absolute Gasteiger partial charge is 0.219 e. The highest BCUT2D eigenvalue weighted by molar-refractivity contribution is 7.88. The van der Waals surface area contributed by atoms with E-state index in [1.54, 1.807) is 24.4 Å². The Kier molecular flexibility index (Phi) is 9.11. The van der Waals surface area contributed by atoms with E-state index in [1.807, 2.05) is 13.0 Å². The SMILES string of the molecule is CCN(C[C@]1(C)CC[C@H](C(C)C)C1/C=C(\N=N/C)c1c(F)cccc1F)S(=O)(=O)Cc1ccccn1. The molecule has 0 aliphatic heterocycles. The van der Waals surface area contributed by atoms with Crippen molar-refractivity contribution in [3.8, 4) is 0 Å². The van der Waals surface area contributed by atoms with Crippen LogP contribution in [0.4, 0.5) is 8.78 Å². The molecule has 0 bridgehead atoms. The average Bonchev–Trinajstić information content (AvgIpc) is 3.14. The van der Waals surface area contributed by atoms with Gasteiger partial charge in [0, 0.05) is 26.3 Å². The summed E-state index contributed by atoms with van der Waals surface area (Å²) in [6.45, 7) is 8.74. The summed E-state index contributed by atoms with van der Waals surface area (Å²) < 4.78 is 57.6. The first-order chi connectivity index (χ1) is 17.0. The predicted octanol–water partition coefficient (Wildman–Crippen LogP) is 6.32. The molecule has 2 aromatic rings. The molecule has 1 unspecified atom stereocenters. The second-order valence-corrected chi connectivity index (χ2v) is 12.0. The number of benzene rings is 1. The topological polar surface area (TPSA) is 75.0 Å². The van der Waals surface area contributed by atoms with Crippen molar-refractivity contribution in [3.05, 3.63) is 71.6 Å². The molecule has 1 aliphatic carbocycles. The van der Waals surface area contributed by atoms with Crippen LogP contribution in [0.2, 0.25) is 0 Å². The molecule has 1 heterocycles. The summed E-state index contributed by atoms with van der Waals surface area (Å²) >= 11 is 0. The van der Waals surface area contributed by atoms with Crippen LogP contribution in [0.1, 0.15) is 51.8 Å². The van der Waals surface area contributed by atoms with Crippen molar-refractivity contribution in [2.75, 3.05) is 20.1 Å². The zero-order chi connectivity index (χ0) is 26.5. The molecule has 1 aromatic carbocycles. The Bertz CT molecular complexity index is 1180. The van der Waals surface area contributed by atoms with Gasteiger partial charge < -0.3 is 0 Å². The van der Waals surface area contributed by atoms with Crippen molar-refractivity contribution in [1.82, 2.24) is 9.29 Å². The van der Waals surface area contributed by atoms with Crippen LogP contribution < -0.4 is 0 Å². The van der Waals surface area contributed by atoms with Crippen LogP contribution in [0.25, 0.3) is 5.70 Å². The van der Waals surface area contributed by atoms with Gasteiger partial charge in [0.15, 0.2) is 0 Å². The second kappa shape index (κ2) is 11.7. The van der Waals surface area contributed by atoms with E-state index in [0.717, 1.165) is 12.8 Å². The number of nitrogens with zero attached hydrogens (tertiary/aromatic N) is 4. The lowest BCUT2D eigenvalue weighted by molar-refractivity contribution is 0.173. The standard InChI is InChI=1S/C27H36F2N4O2S/c1-6-33(36(34,35)17-20-10-7-8-15-31-20)18-27(4)14-13-21(19(2)3)22(27)16-25(32-30-5)26-23(28)11-9-12-24(26)29/h7-12,15-16,19,21-22H,6,13-14,17-18H2,1-5H3/b25-16-,32-30-/t21-,22?,27+/m1/s1. The summed E-state index contributed by atoms with van der Waals surface area (Å²) in [7, 11) is -2.17. The summed E-state index contributed by atoms with van der Waals surface area (Å²) in [6.07, 6.45) is 5.05. The first-order valence-corrected chi connectivity index (χ1v) is 14.0. The molecule has 0 N–H and O–H groups in total. The highest BCUT2D eigenvalue weighted by Crippen LogP contribution is 2.52. The first-order valence-electron chi connectivity index (χ1n) is 12.4. The Labute approximate surface area is 213 Å². The predicted molar refractivity (Wildman–Crippen MR) is 138 cm³/mol. The van der Waals surface area contributed by atoms with Crippen molar-refractivity contribution in [1.29, 1.82) is 0 Å². The molecule has 9 heteroatoms. The minimum absolute atomic E-state index is 0.135. The van der Waals surface area contributed by atoms with Gasteiger partial charge in [-0.15, -0.1) is 0 Å². The lowest BCUT2D eigenvalue weighted by Crippen LogP contribution is -2.43. The number of aromatic nitrogens is 1. The van der Waals surface area contributed by atoms with Crippen LogP contribution in [0, 0.1) is 34.8 Å². The summed E-state index contributed by atoms with van der Waals surface area (Å²) in [5.74, 6) is -1.26. The van der Waals surface area contributed by atoms with E-state index in [1.165, 1.54) is 29.6 Å². The van der Waals surface area contributed by atoms with Crippen molar-refractivity contribution < 1.29 is 17.2 Å². The fourth-order valence-corrected chi connectivity index (χ4v) is 6.99. The zero-order valence-corrected chi connectivity index (χ0v) is 22.5. The van der Waals surface area contributed by atoms with E-state index in [2.05, 4.69) is 36.0 Å². The molecule has 0 radical (unpaired) electrons. The van der Waals surface area contributed by atoms with Crippen LogP contribution in [-0.2, 0) is 15.8 Å². The van der Waals surface area contributed by atoms with E-state index in [4.69, 9.17) is 0 Å². The van der Waals surface area contributed by atoms with Crippen LogP contribution in [0.15, 0.2) is 58.9 Å². The van der Waals surface area contributed by atoms with Gasteiger partial charge in [0.2, 0.25) is 10.0 Å². The first kappa shape index (κ1) is 28.1. The monoisotopic (exact) mass is 518 g/mol. The summed E-state index contributed by atoms with van der Waals surface area (Å²) in [4.78, 5) is 4.18. The third-order valence-electron chi connectivity index (χ3n) is 7.28. The average molecular weight is 519 g/mol. The highest BCUT2D eigenvalue weighted by Gasteiger charge is 2.47. The molecule has 3 atom stereocenters. The Balaban J connectivity index is 2.02. The molecule has 6 nitrogen and oxygen atoms in total. The van der Waals surface area contributed by atoms with Gasteiger partial charge in [0.05, 0.1) is 17.0 Å². The molecule has 1 saturated carbocycles. The number of rotatable bonds is 10. The Morgan fingerprint density at radius 1 is 1.22 bits per heavy atom. The second-order valence-electron chi connectivity index (χ2n) is 10.1. The van der Waals surface area contributed by atoms with E-state index < -0.39 is 27.1 Å². The zero-order valence-electron chi connectivity index (χ0n) is 21.7. The number of pyridine rings is 1. The number of halogens is 2. The van der Waals surface area contributed by atoms with Gasteiger partial charge in [-0.1, -0.05) is 45.9 Å². The van der Waals surface area contributed by atoms with E-state index >= 15 is 0 Å². The van der Waals surface area contributed by atoms with E-state index in [0.29, 0.717) is 24.7 Å². The van der Waals surface area contributed by atoms with Crippen LogP contribution in [-0.4, -0.2) is 37.8 Å². The van der Waals surface area contributed by atoms with Gasteiger partial charge in [-0.05, 0) is 60.3 Å². The lowest BCUT2D eigenvalue weighted by Gasteiger charge is -2.37. The molecule has 1 fully saturated rings. The van der Waals surface area contributed by atoms with Gasteiger partial charge in [0.1, 0.15) is 17.4 Å². The number of hydrogen-bond donors (Lipinski definition) is 0. The Morgan fingerprint density at radius 2 is 1.92 bits per heavy atom. The third-order valence-corrected chi connectivity index (χ3v) is 9.11. The van der Waals surface area contributed by atoms with Gasteiger partial charge >= 0.3 is 0 Å². The fraction of sp³-hybridized carbons (Fsp3) is 0.519. The molecule has 196 valence electrons. The summed E-state index contributed by atoms with van der Waals surface area (Å²) in [5.41, 5.74) is -0.0470. The van der Waals surface area contributed by atoms with Gasteiger partial charge in [-0.25, -0.2) is 21.5 Å². The summed E-state index contributed by atoms with van der Waals surface area (Å²) in [6, 6.07) is 8.94. The van der Waals surface area contributed by atoms with E-state index in [-0.39, 0.29) is 28.8 Å². The molecule has 1 aromatic heterocycles. The quantitative estimate of drug-likeness (QED) is 0.345. The number of allylic oxidation sites excluding steroid dienone is 1. The summed E-state index contributed by atoms with van der Waals surface area (Å²) in [5, 5.41) is 7.94. The van der Waals surface area contributed by atoms with Crippen molar-refractivity contribution in [3.63, 3.8) is 0 Å². The maximum absolute atomic E-state index is 14.7.